The summed E-state index contributed by atoms with van der Waals surface area (Å²) in [6.45, 7) is 0.713. The molecule has 1 heterocycles. The molecule has 0 spiro atoms. The molecule has 0 radical (unpaired) electrons. The molecule has 0 aromatic heterocycles. The SMILES string of the molecule is COc1cc(C(=O)O)ccc1O[C@@H]1O[C@H](COC(c2ccccc2)(c2ccccc2)c2ccccc2)[C@@H](OCc2ccccc2)[C@@H](OCc2ccccc2)[C@H]1OCc1ccccc1. The number of methoxy groups -OCH3 is 1. The molecule has 1 N–H and O–H groups in total. The van der Waals surface area contributed by atoms with Gasteiger partial charge in [-0.3, -0.25) is 0 Å². The van der Waals surface area contributed by atoms with E-state index in [0.717, 1.165) is 33.4 Å². The third-order valence-electron chi connectivity index (χ3n) is 11.1. The molecule has 0 aliphatic carbocycles. The zero-order valence-corrected chi connectivity index (χ0v) is 35.0. The van der Waals surface area contributed by atoms with Crippen LogP contribution in [0.3, 0.4) is 0 Å². The lowest BCUT2D eigenvalue weighted by Crippen LogP contribution is -2.63. The number of hydrogen-bond donors (Lipinski definition) is 1. The lowest BCUT2D eigenvalue weighted by molar-refractivity contribution is -0.312. The minimum absolute atomic E-state index is 0.0175. The Morgan fingerprint density at radius 3 is 1.37 bits per heavy atom. The lowest BCUT2D eigenvalue weighted by atomic mass is 9.80. The first kappa shape index (κ1) is 43.1. The highest BCUT2D eigenvalue weighted by Gasteiger charge is 2.51. The summed E-state index contributed by atoms with van der Waals surface area (Å²) in [5.41, 5.74) is 4.61. The van der Waals surface area contributed by atoms with E-state index in [-0.39, 0.29) is 43.5 Å². The van der Waals surface area contributed by atoms with E-state index in [4.69, 9.17) is 33.2 Å². The molecule has 0 saturated carbocycles. The quantitative estimate of drug-likeness (QED) is 0.0798. The van der Waals surface area contributed by atoms with Crippen LogP contribution in [0.2, 0.25) is 0 Å². The molecular formula is C54H50O9. The summed E-state index contributed by atoms with van der Waals surface area (Å²) in [7, 11) is 1.46. The van der Waals surface area contributed by atoms with E-state index in [0.29, 0.717) is 0 Å². The summed E-state index contributed by atoms with van der Waals surface area (Å²) in [5.74, 6) is -0.617. The van der Waals surface area contributed by atoms with Gasteiger partial charge in [0, 0.05) is 0 Å². The Morgan fingerprint density at radius 1 is 0.524 bits per heavy atom. The van der Waals surface area contributed by atoms with Crippen LogP contribution < -0.4 is 9.47 Å². The average molecular weight is 843 g/mol. The van der Waals surface area contributed by atoms with Crippen LogP contribution in [-0.4, -0.2) is 55.5 Å². The van der Waals surface area contributed by atoms with Crippen molar-refractivity contribution in [3.05, 3.63) is 239 Å². The van der Waals surface area contributed by atoms with Gasteiger partial charge in [-0.2, -0.15) is 0 Å². The zero-order valence-electron chi connectivity index (χ0n) is 35.0. The molecule has 8 rings (SSSR count). The van der Waals surface area contributed by atoms with Crippen molar-refractivity contribution in [2.75, 3.05) is 13.7 Å². The van der Waals surface area contributed by atoms with Gasteiger partial charge < -0.3 is 38.3 Å². The van der Waals surface area contributed by atoms with Crippen molar-refractivity contribution in [2.24, 2.45) is 0 Å². The van der Waals surface area contributed by atoms with Crippen LogP contribution in [0.25, 0.3) is 0 Å². The Bertz CT molecular complexity index is 2360. The van der Waals surface area contributed by atoms with Crippen LogP contribution in [0.5, 0.6) is 11.5 Å². The largest absolute Gasteiger partial charge is 0.493 e. The summed E-state index contributed by atoms with van der Waals surface area (Å²) >= 11 is 0. The third kappa shape index (κ3) is 10.4. The molecule has 9 heteroatoms. The van der Waals surface area contributed by atoms with Gasteiger partial charge in [0.15, 0.2) is 11.5 Å². The van der Waals surface area contributed by atoms with Gasteiger partial charge in [0.1, 0.15) is 30.0 Å². The lowest BCUT2D eigenvalue weighted by Gasteiger charge is -2.47. The zero-order chi connectivity index (χ0) is 43.3. The van der Waals surface area contributed by atoms with Crippen LogP contribution >= 0.6 is 0 Å². The van der Waals surface area contributed by atoms with Crippen molar-refractivity contribution in [3.8, 4) is 11.5 Å². The predicted octanol–water partition coefficient (Wildman–Crippen LogP) is 10.3. The Balaban J connectivity index is 1.24. The summed E-state index contributed by atoms with van der Waals surface area (Å²) < 4.78 is 47.8. The van der Waals surface area contributed by atoms with Crippen LogP contribution in [-0.2, 0) is 49.1 Å². The van der Waals surface area contributed by atoms with Crippen molar-refractivity contribution in [3.63, 3.8) is 0 Å². The smallest absolute Gasteiger partial charge is 0.335 e. The van der Waals surface area contributed by atoms with Gasteiger partial charge in [-0.05, 0) is 51.6 Å². The Labute approximate surface area is 368 Å². The molecule has 63 heavy (non-hydrogen) atoms. The number of benzene rings is 7. The Hall–Kier alpha value is -6.59. The number of ether oxygens (including phenoxy) is 7. The van der Waals surface area contributed by atoms with Crippen LogP contribution in [0.15, 0.2) is 200 Å². The molecule has 0 unspecified atom stereocenters. The summed E-state index contributed by atoms with van der Waals surface area (Å²) in [4.78, 5) is 12.0. The molecule has 9 nitrogen and oxygen atoms in total. The normalized spacial score (nSPS) is 18.7. The molecular weight excluding hydrogens is 793 g/mol. The van der Waals surface area contributed by atoms with Crippen molar-refractivity contribution in [1.82, 2.24) is 0 Å². The second kappa shape index (κ2) is 21.0. The van der Waals surface area contributed by atoms with Crippen molar-refractivity contribution in [1.29, 1.82) is 0 Å². The molecule has 0 bridgehead atoms. The molecule has 5 atom stereocenters. The minimum Gasteiger partial charge on any atom is -0.493 e. The fourth-order valence-corrected chi connectivity index (χ4v) is 7.97. The van der Waals surface area contributed by atoms with E-state index in [1.54, 1.807) is 6.07 Å². The van der Waals surface area contributed by atoms with E-state index >= 15 is 0 Å². The summed E-state index contributed by atoms with van der Waals surface area (Å²) in [6.07, 6.45) is -4.35. The van der Waals surface area contributed by atoms with Crippen molar-refractivity contribution < 1.29 is 43.1 Å². The van der Waals surface area contributed by atoms with E-state index in [1.165, 1.54) is 19.2 Å². The maximum Gasteiger partial charge on any atom is 0.335 e. The van der Waals surface area contributed by atoms with Gasteiger partial charge in [-0.25, -0.2) is 4.79 Å². The molecule has 7 aromatic carbocycles. The number of carboxylic acid groups (broad SMARTS) is 1. The molecule has 0 amide bonds. The van der Waals surface area contributed by atoms with E-state index in [1.807, 2.05) is 146 Å². The molecule has 1 aliphatic rings. The second-order valence-electron chi connectivity index (χ2n) is 15.2. The maximum absolute atomic E-state index is 12.0. The van der Waals surface area contributed by atoms with Crippen LogP contribution in [0.4, 0.5) is 0 Å². The Morgan fingerprint density at radius 2 is 0.937 bits per heavy atom. The average Bonchev–Trinajstić information content (AvgIpc) is 3.34. The highest BCUT2D eigenvalue weighted by molar-refractivity contribution is 5.88. The number of aromatic carboxylic acids is 1. The topological polar surface area (TPSA) is 102 Å². The number of carboxylic acids is 1. The first-order chi connectivity index (χ1) is 31.0. The first-order valence-electron chi connectivity index (χ1n) is 21.0. The maximum atomic E-state index is 12.0. The first-order valence-corrected chi connectivity index (χ1v) is 21.0. The molecule has 1 aliphatic heterocycles. The second-order valence-corrected chi connectivity index (χ2v) is 15.2. The van der Waals surface area contributed by atoms with Gasteiger partial charge in [0.05, 0.1) is 39.1 Å². The Kier molecular flexibility index (Phi) is 14.3. The van der Waals surface area contributed by atoms with Gasteiger partial charge >= 0.3 is 5.97 Å². The monoisotopic (exact) mass is 842 g/mol. The van der Waals surface area contributed by atoms with Crippen LogP contribution in [0, 0.1) is 0 Å². The standard InChI is InChI=1S/C54H50O9/c1-57-47-34-42(52(55)56)32-33-46(47)62-53-51(60-37-41-24-12-4-13-25-41)50(59-36-40-22-10-3-11-23-40)49(58-35-39-20-8-2-9-21-39)48(63-53)38-61-54(43-26-14-5-15-27-43,44-28-16-6-17-29-44)45-30-18-7-19-31-45/h2-34,48-51,53H,35-38H2,1H3,(H,55,56)/t48-,49-,50-,51-,53-/m1/s1. The molecule has 320 valence electrons. The molecule has 7 aromatic rings. The van der Waals surface area contributed by atoms with Gasteiger partial charge in [-0.1, -0.05) is 182 Å². The molecule has 1 saturated heterocycles. The summed E-state index contributed by atoms with van der Waals surface area (Å²) in [5, 5.41) is 9.81. The molecule has 1 fully saturated rings. The third-order valence-corrected chi connectivity index (χ3v) is 11.1. The van der Waals surface area contributed by atoms with Crippen molar-refractivity contribution in [2.45, 2.75) is 56.1 Å². The fraction of sp³-hybridized carbons (Fsp3) is 0.204. The van der Waals surface area contributed by atoms with E-state index in [2.05, 4.69) is 36.4 Å². The van der Waals surface area contributed by atoms with E-state index in [9.17, 15) is 9.90 Å². The fourth-order valence-electron chi connectivity index (χ4n) is 7.97. The highest BCUT2D eigenvalue weighted by Crippen LogP contribution is 2.42. The van der Waals surface area contributed by atoms with Crippen molar-refractivity contribution >= 4 is 5.97 Å². The minimum atomic E-state index is -1.12. The highest BCUT2D eigenvalue weighted by atomic mass is 16.7. The van der Waals surface area contributed by atoms with Gasteiger partial charge in [-0.15, -0.1) is 0 Å². The number of hydrogen-bond acceptors (Lipinski definition) is 8. The van der Waals surface area contributed by atoms with E-state index < -0.39 is 42.3 Å². The number of rotatable bonds is 19. The van der Waals surface area contributed by atoms with Gasteiger partial charge in [0.2, 0.25) is 6.29 Å². The van der Waals surface area contributed by atoms with Gasteiger partial charge in [0.25, 0.3) is 0 Å². The number of carbonyl (C=O) groups is 1. The van der Waals surface area contributed by atoms with Crippen LogP contribution in [0.1, 0.15) is 43.7 Å². The summed E-state index contributed by atoms with van der Waals surface area (Å²) in [6, 6.07) is 64.7. The predicted molar refractivity (Wildman–Crippen MR) is 239 cm³/mol.